The molecule has 1 atom stereocenters. The molecule has 0 N–H and O–H groups in total. The van der Waals surface area contributed by atoms with E-state index in [0.29, 0.717) is 5.92 Å². The summed E-state index contributed by atoms with van der Waals surface area (Å²) in [6.07, 6.45) is 1.15. The Kier molecular flexibility index (Phi) is 4.36. The highest BCUT2D eigenvalue weighted by atomic mass is 127. The van der Waals surface area contributed by atoms with Crippen LogP contribution in [0, 0.1) is 11.2 Å². The van der Waals surface area contributed by atoms with Gasteiger partial charge in [-0.15, -0.1) is 0 Å². The molecule has 0 saturated carbocycles. The van der Waals surface area contributed by atoms with E-state index in [9.17, 15) is 0 Å². The first kappa shape index (κ1) is 11.3. The SMILES string of the molecule is ISC#Cc1ccc(C2CCOC2)cc1. The summed E-state index contributed by atoms with van der Waals surface area (Å²) < 4.78 is 5.37. The lowest BCUT2D eigenvalue weighted by Crippen LogP contribution is -1.96. The molecular formula is C12H11IOS. The summed E-state index contributed by atoms with van der Waals surface area (Å²) in [7, 11) is 1.51. The van der Waals surface area contributed by atoms with Crippen molar-refractivity contribution in [3.05, 3.63) is 35.4 Å². The average Bonchev–Trinajstić information content (AvgIpc) is 2.80. The third kappa shape index (κ3) is 3.13. The van der Waals surface area contributed by atoms with Crippen molar-refractivity contribution in [1.82, 2.24) is 0 Å². The Balaban J connectivity index is 2.09. The molecule has 1 aromatic rings. The van der Waals surface area contributed by atoms with Gasteiger partial charge in [0.2, 0.25) is 0 Å². The molecule has 1 aromatic carbocycles. The lowest BCUT2D eigenvalue weighted by Gasteiger charge is -2.06. The van der Waals surface area contributed by atoms with Crippen LogP contribution in [0.4, 0.5) is 0 Å². The number of hydrogen-bond donors (Lipinski definition) is 0. The first-order valence-electron chi connectivity index (χ1n) is 4.86. The topological polar surface area (TPSA) is 9.23 Å². The van der Waals surface area contributed by atoms with Gasteiger partial charge in [-0.3, -0.25) is 0 Å². The van der Waals surface area contributed by atoms with Gasteiger partial charge < -0.3 is 4.74 Å². The van der Waals surface area contributed by atoms with Crippen LogP contribution in [0.5, 0.6) is 0 Å². The molecule has 0 amide bonds. The molecule has 0 aliphatic carbocycles. The highest BCUT2D eigenvalue weighted by Crippen LogP contribution is 2.25. The van der Waals surface area contributed by atoms with E-state index in [2.05, 4.69) is 56.6 Å². The van der Waals surface area contributed by atoms with Crippen LogP contribution >= 0.6 is 30.1 Å². The quantitative estimate of drug-likeness (QED) is 0.575. The molecule has 0 aromatic heterocycles. The third-order valence-electron chi connectivity index (χ3n) is 2.55. The van der Waals surface area contributed by atoms with Gasteiger partial charge in [0.15, 0.2) is 0 Å². The molecule has 0 radical (unpaired) electrons. The Morgan fingerprint density at radius 2 is 2.13 bits per heavy atom. The number of benzene rings is 1. The molecule has 1 aliphatic heterocycles. The maximum Gasteiger partial charge on any atom is 0.0535 e. The fourth-order valence-electron chi connectivity index (χ4n) is 1.71. The van der Waals surface area contributed by atoms with Crippen LogP contribution in [-0.4, -0.2) is 13.2 Å². The van der Waals surface area contributed by atoms with Gasteiger partial charge in [-0.25, -0.2) is 0 Å². The van der Waals surface area contributed by atoms with E-state index in [-0.39, 0.29) is 0 Å². The van der Waals surface area contributed by atoms with Gasteiger partial charge in [-0.2, -0.15) is 0 Å². The van der Waals surface area contributed by atoms with E-state index >= 15 is 0 Å². The minimum absolute atomic E-state index is 0.589. The zero-order valence-corrected chi connectivity index (χ0v) is 11.2. The number of ether oxygens (including phenoxy) is 1. The van der Waals surface area contributed by atoms with Crippen LogP contribution < -0.4 is 0 Å². The van der Waals surface area contributed by atoms with E-state index in [1.807, 2.05) is 0 Å². The lowest BCUT2D eigenvalue weighted by atomic mass is 9.98. The normalized spacial score (nSPS) is 19.7. The van der Waals surface area contributed by atoms with Crippen molar-refractivity contribution in [2.24, 2.45) is 0 Å². The molecule has 0 bridgehead atoms. The van der Waals surface area contributed by atoms with Crippen LogP contribution in [0.2, 0.25) is 0 Å². The summed E-state index contributed by atoms with van der Waals surface area (Å²) in [5.74, 6) is 3.68. The summed E-state index contributed by atoms with van der Waals surface area (Å²) in [6, 6.07) is 8.52. The molecule has 1 fully saturated rings. The summed E-state index contributed by atoms with van der Waals surface area (Å²) in [6.45, 7) is 1.77. The second kappa shape index (κ2) is 5.78. The van der Waals surface area contributed by atoms with Crippen molar-refractivity contribution in [2.45, 2.75) is 12.3 Å². The Bertz CT molecular complexity index is 371. The summed E-state index contributed by atoms with van der Waals surface area (Å²) in [4.78, 5) is 0. The Labute approximate surface area is 107 Å². The first-order valence-corrected chi connectivity index (χ1v) is 8.22. The van der Waals surface area contributed by atoms with Crippen LogP contribution in [0.15, 0.2) is 24.3 Å². The fraction of sp³-hybridized carbons (Fsp3) is 0.333. The van der Waals surface area contributed by atoms with Crippen molar-refractivity contribution in [1.29, 1.82) is 0 Å². The zero-order chi connectivity index (χ0) is 10.5. The van der Waals surface area contributed by atoms with Gasteiger partial charge >= 0.3 is 0 Å². The van der Waals surface area contributed by atoms with Crippen molar-refractivity contribution >= 4 is 30.1 Å². The first-order chi connectivity index (χ1) is 7.40. The maximum absolute atomic E-state index is 5.37. The standard InChI is InChI=1S/C12H11IOS/c13-15-8-6-10-1-3-11(4-2-10)12-5-7-14-9-12/h1-4,12H,5,7,9H2. The highest BCUT2D eigenvalue weighted by molar-refractivity contribution is 14.2. The summed E-state index contributed by atoms with van der Waals surface area (Å²) in [5.41, 5.74) is 2.46. The molecule has 2 rings (SSSR count). The Hall–Kier alpha value is -0.180. The molecule has 3 heteroatoms. The van der Waals surface area contributed by atoms with Crippen LogP contribution in [-0.2, 0) is 4.74 Å². The largest absolute Gasteiger partial charge is 0.381 e. The minimum Gasteiger partial charge on any atom is -0.381 e. The van der Waals surface area contributed by atoms with Crippen molar-refractivity contribution < 1.29 is 4.74 Å². The molecule has 1 unspecified atom stereocenters. The van der Waals surface area contributed by atoms with Gasteiger partial charge in [0, 0.05) is 39.3 Å². The maximum atomic E-state index is 5.37. The number of rotatable bonds is 1. The molecule has 1 nitrogen and oxygen atoms in total. The average molecular weight is 330 g/mol. The molecule has 1 heterocycles. The third-order valence-corrected chi connectivity index (χ3v) is 3.39. The molecule has 15 heavy (non-hydrogen) atoms. The summed E-state index contributed by atoms with van der Waals surface area (Å²) in [5, 5.41) is 2.98. The van der Waals surface area contributed by atoms with E-state index in [1.54, 1.807) is 0 Å². The van der Waals surface area contributed by atoms with Crippen molar-refractivity contribution in [3.63, 3.8) is 0 Å². The molecular weight excluding hydrogens is 319 g/mol. The van der Waals surface area contributed by atoms with Crippen LogP contribution in [0.3, 0.4) is 0 Å². The predicted octanol–water partition coefficient (Wildman–Crippen LogP) is 3.58. The van der Waals surface area contributed by atoms with Crippen molar-refractivity contribution in [3.8, 4) is 11.2 Å². The Morgan fingerprint density at radius 3 is 2.73 bits per heavy atom. The van der Waals surface area contributed by atoms with E-state index in [4.69, 9.17) is 4.74 Å². The molecule has 1 aliphatic rings. The van der Waals surface area contributed by atoms with Gasteiger partial charge in [-0.1, -0.05) is 18.1 Å². The summed E-state index contributed by atoms with van der Waals surface area (Å²) >= 11 is 2.18. The monoisotopic (exact) mass is 330 g/mol. The molecule has 1 saturated heterocycles. The van der Waals surface area contributed by atoms with Gasteiger partial charge in [-0.05, 0) is 38.3 Å². The number of hydrogen-bond acceptors (Lipinski definition) is 2. The van der Waals surface area contributed by atoms with E-state index in [0.717, 1.165) is 25.2 Å². The molecule has 0 spiro atoms. The fourth-order valence-corrected chi connectivity index (χ4v) is 2.20. The van der Waals surface area contributed by atoms with E-state index in [1.165, 1.54) is 14.5 Å². The second-order valence-corrected chi connectivity index (χ2v) is 5.17. The minimum atomic E-state index is 0.589. The van der Waals surface area contributed by atoms with Gasteiger partial charge in [0.05, 0.1) is 6.61 Å². The van der Waals surface area contributed by atoms with Crippen molar-refractivity contribution in [2.75, 3.05) is 13.2 Å². The second-order valence-electron chi connectivity index (χ2n) is 3.49. The predicted molar refractivity (Wildman–Crippen MR) is 73.1 cm³/mol. The molecule has 78 valence electrons. The smallest absolute Gasteiger partial charge is 0.0535 e. The van der Waals surface area contributed by atoms with Crippen LogP contribution in [0.25, 0.3) is 0 Å². The number of halogens is 1. The Morgan fingerprint density at radius 1 is 1.33 bits per heavy atom. The lowest BCUT2D eigenvalue weighted by molar-refractivity contribution is 0.194. The van der Waals surface area contributed by atoms with Gasteiger partial charge in [0.1, 0.15) is 0 Å². The highest BCUT2D eigenvalue weighted by Gasteiger charge is 2.16. The van der Waals surface area contributed by atoms with Crippen LogP contribution in [0.1, 0.15) is 23.5 Å². The van der Waals surface area contributed by atoms with E-state index < -0.39 is 0 Å². The zero-order valence-electron chi connectivity index (χ0n) is 8.20. The van der Waals surface area contributed by atoms with Gasteiger partial charge in [0.25, 0.3) is 0 Å².